The standard InChI is InChI=1S/C19H29N3O3/c1-3-4-18(2)16(24)22(17(25)21-18)11-15(23)20-19-8-12-5-13(9-19)7-14(6-12)10-19/h12-14H,3-11H2,1-2H3,(H,20,23)(H,21,25)/t12?,13?,14?,18-,19?/m1/s1. The first-order chi connectivity index (χ1) is 11.8. The SMILES string of the molecule is CCC[C@@]1(C)NC(=O)N(CC(=O)NC23CC4CC(CC(C4)C2)C3)C1=O. The number of carbonyl (C=O) groups excluding carboxylic acids is 3. The maximum absolute atomic E-state index is 12.7. The number of imide groups is 1. The second-order valence-corrected chi connectivity index (χ2v) is 9.15. The highest BCUT2D eigenvalue weighted by molar-refractivity contribution is 6.08. The highest BCUT2D eigenvalue weighted by Crippen LogP contribution is 2.55. The number of carbonyl (C=O) groups is 3. The minimum atomic E-state index is -0.868. The summed E-state index contributed by atoms with van der Waals surface area (Å²) in [5.74, 6) is 1.77. The summed E-state index contributed by atoms with van der Waals surface area (Å²) in [6.07, 6.45) is 8.54. The van der Waals surface area contributed by atoms with Crippen LogP contribution in [0, 0.1) is 17.8 Å². The van der Waals surface area contributed by atoms with Gasteiger partial charge >= 0.3 is 6.03 Å². The summed E-state index contributed by atoms with van der Waals surface area (Å²) in [7, 11) is 0. The van der Waals surface area contributed by atoms with Crippen molar-refractivity contribution in [1.29, 1.82) is 0 Å². The molecule has 0 radical (unpaired) electrons. The van der Waals surface area contributed by atoms with E-state index in [0.29, 0.717) is 6.42 Å². The average Bonchev–Trinajstić information content (AvgIpc) is 2.69. The van der Waals surface area contributed by atoms with Crippen molar-refractivity contribution in [3.63, 3.8) is 0 Å². The molecule has 0 unspecified atom stereocenters. The molecule has 1 saturated heterocycles. The number of urea groups is 1. The van der Waals surface area contributed by atoms with Crippen molar-refractivity contribution in [3.05, 3.63) is 0 Å². The van der Waals surface area contributed by atoms with Gasteiger partial charge in [0.25, 0.3) is 5.91 Å². The smallest absolute Gasteiger partial charge is 0.325 e. The van der Waals surface area contributed by atoms with Crippen LogP contribution in [0.4, 0.5) is 4.79 Å². The fourth-order valence-corrected chi connectivity index (χ4v) is 6.30. The molecule has 0 aromatic carbocycles. The topological polar surface area (TPSA) is 78.5 Å². The lowest BCUT2D eigenvalue weighted by molar-refractivity contribution is -0.136. The lowest BCUT2D eigenvalue weighted by Gasteiger charge is -2.56. The van der Waals surface area contributed by atoms with Crippen molar-refractivity contribution >= 4 is 17.8 Å². The maximum Gasteiger partial charge on any atom is 0.325 e. The van der Waals surface area contributed by atoms with Crippen molar-refractivity contribution in [2.45, 2.75) is 76.3 Å². The molecule has 5 aliphatic rings. The van der Waals surface area contributed by atoms with E-state index in [0.717, 1.165) is 48.3 Å². The highest BCUT2D eigenvalue weighted by atomic mass is 16.2. The molecule has 138 valence electrons. The number of nitrogens with one attached hydrogen (secondary N) is 2. The van der Waals surface area contributed by atoms with Gasteiger partial charge in [-0.15, -0.1) is 0 Å². The third kappa shape index (κ3) is 2.83. The second-order valence-electron chi connectivity index (χ2n) is 9.15. The van der Waals surface area contributed by atoms with Gasteiger partial charge in [-0.2, -0.15) is 0 Å². The Balaban J connectivity index is 1.41. The summed E-state index contributed by atoms with van der Waals surface area (Å²) < 4.78 is 0. The van der Waals surface area contributed by atoms with E-state index in [-0.39, 0.29) is 23.9 Å². The van der Waals surface area contributed by atoms with Gasteiger partial charge in [0.2, 0.25) is 5.91 Å². The Hall–Kier alpha value is -1.59. The van der Waals surface area contributed by atoms with E-state index in [1.165, 1.54) is 19.3 Å². The molecule has 0 aromatic heterocycles. The number of rotatable bonds is 5. The third-order valence-corrected chi connectivity index (χ3v) is 6.84. The van der Waals surface area contributed by atoms with Crippen molar-refractivity contribution < 1.29 is 14.4 Å². The van der Waals surface area contributed by atoms with Crippen molar-refractivity contribution in [2.75, 3.05) is 6.54 Å². The molecule has 4 bridgehead atoms. The largest absolute Gasteiger partial charge is 0.349 e. The van der Waals surface area contributed by atoms with E-state index in [1.807, 2.05) is 6.92 Å². The van der Waals surface area contributed by atoms with Crippen LogP contribution in [-0.4, -0.2) is 40.4 Å². The molecule has 1 heterocycles. The maximum atomic E-state index is 12.7. The van der Waals surface area contributed by atoms with Gasteiger partial charge in [-0.05, 0) is 69.6 Å². The van der Waals surface area contributed by atoms with Crippen LogP contribution in [0.2, 0.25) is 0 Å². The van der Waals surface area contributed by atoms with Crippen molar-refractivity contribution in [1.82, 2.24) is 15.5 Å². The molecule has 25 heavy (non-hydrogen) atoms. The second kappa shape index (κ2) is 5.71. The van der Waals surface area contributed by atoms with Crippen LogP contribution in [0.1, 0.15) is 65.2 Å². The average molecular weight is 347 g/mol. The number of amides is 4. The van der Waals surface area contributed by atoms with Gasteiger partial charge in [-0.25, -0.2) is 4.79 Å². The van der Waals surface area contributed by atoms with Crippen LogP contribution in [-0.2, 0) is 9.59 Å². The van der Waals surface area contributed by atoms with Crippen LogP contribution in [0.3, 0.4) is 0 Å². The zero-order valence-corrected chi connectivity index (χ0v) is 15.3. The fraction of sp³-hybridized carbons (Fsp3) is 0.842. The molecule has 4 amide bonds. The summed E-state index contributed by atoms with van der Waals surface area (Å²) in [5.41, 5.74) is -0.954. The van der Waals surface area contributed by atoms with Crippen LogP contribution in [0.15, 0.2) is 0 Å². The zero-order valence-electron chi connectivity index (χ0n) is 15.3. The molecule has 6 nitrogen and oxygen atoms in total. The van der Waals surface area contributed by atoms with Gasteiger partial charge in [0.1, 0.15) is 12.1 Å². The van der Waals surface area contributed by atoms with Crippen molar-refractivity contribution in [2.24, 2.45) is 17.8 Å². The summed E-state index contributed by atoms with van der Waals surface area (Å²) in [6.45, 7) is 3.56. The lowest BCUT2D eigenvalue weighted by Crippen LogP contribution is -2.61. The molecule has 1 atom stereocenters. The Morgan fingerprint density at radius 3 is 2.24 bits per heavy atom. The quantitative estimate of drug-likeness (QED) is 0.748. The minimum Gasteiger partial charge on any atom is -0.349 e. The molecule has 6 heteroatoms. The van der Waals surface area contributed by atoms with E-state index in [2.05, 4.69) is 10.6 Å². The Labute approximate surface area is 149 Å². The van der Waals surface area contributed by atoms with Crippen LogP contribution in [0.25, 0.3) is 0 Å². The first kappa shape index (κ1) is 16.9. The molecular weight excluding hydrogens is 318 g/mol. The molecule has 0 spiro atoms. The zero-order chi connectivity index (χ0) is 17.8. The van der Waals surface area contributed by atoms with E-state index in [4.69, 9.17) is 0 Å². The fourth-order valence-electron chi connectivity index (χ4n) is 6.30. The predicted octanol–water partition coefficient (Wildman–Crippen LogP) is 2.18. The summed E-state index contributed by atoms with van der Waals surface area (Å²) in [4.78, 5) is 38.5. The Kier molecular flexibility index (Phi) is 3.85. The molecule has 5 fully saturated rings. The summed E-state index contributed by atoms with van der Waals surface area (Å²) in [6, 6.07) is -0.443. The minimum absolute atomic E-state index is 0.0855. The van der Waals surface area contributed by atoms with E-state index >= 15 is 0 Å². The predicted molar refractivity (Wildman–Crippen MR) is 92.6 cm³/mol. The molecule has 0 aromatic rings. The molecule has 4 aliphatic carbocycles. The lowest BCUT2D eigenvalue weighted by atomic mass is 9.53. The number of nitrogens with zero attached hydrogens (tertiary/aromatic N) is 1. The Morgan fingerprint density at radius 1 is 1.16 bits per heavy atom. The summed E-state index contributed by atoms with van der Waals surface area (Å²) >= 11 is 0. The monoisotopic (exact) mass is 347 g/mol. The van der Waals surface area contributed by atoms with Gasteiger partial charge in [0, 0.05) is 5.54 Å². The van der Waals surface area contributed by atoms with Crippen LogP contribution in [0.5, 0.6) is 0 Å². The van der Waals surface area contributed by atoms with E-state index in [1.54, 1.807) is 6.92 Å². The Bertz CT molecular complexity index is 582. The number of hydrogen-bond acceptors (Lipinski definition) is 3. The van der Waals surface area contributed by atoms with Gasteiger partial charge in [-0.3, -0.25) is 14.5 Å². The molecule has 2 N–H and O–H groups in total. The van der Waals surface area contributed by atoms with Crippen LogP contribution < -0.4 is 10.6 Å². The van der Waals surface area contributed by atoms with Gasteiger partial charge in [-0.1, -0.05) is 13.3 Å². The van der Waals surface area contributed by atoms with Crippen molar-refractivity contribution in [3.8, 4) is 0 Å². The normalized spacial score (nSPS) is 42.0. The number of hydrogen-bond donors (Lipinski definition) is 2. The molecule has 5 rings (SSSR count). The first-order valence-corrected chi connectivity index (χ1v) is 9.77. The molecular formula is C19H29N3O3. The van der Waals surface area contributed by atoms with Gasteiger partial charge in [0.15, 0.2) is 0 Å². The van der Waals surface area contributed by atoms with Gasteiger partial charge in [0.05, 0.1) is 0 Å². The first-order valence-electron chi connectivity index (χ1n) is 9.77. The van der Waals surface area contributed by atoms with Gasteiger partial charge < -0.3 is 10.6 Å². The Morgan fingerprint density at radius 2 is 1.72 bits per heavy atom. The van der Waals surface area contributed by atoms with E-state index < -0.39 is 11.6 Å². The van der Waals surface area contributed by atoms with E-state index in [9.17, 15) is 14.4 Å². The molecule has 4 saturated carbocycles. The molecule has 1 aliphatic heterocycles. The highest BCUT2D eigenvalue weighted by Gasteiger charge is 2.52. The van der Waals surface area contributed by atoms with Crippen LogP contribution >= 0.6 is 0 Å². The summed E-state index contributed by atoms with van der Waals surface area (Å²) in [5, 5.41) is 5.99. The third-order valence-electron chi connectivity index (χ3n) is 6.84.